The molecule has 1 aliphatic rings. The molecule has 0 spiro atoms. The first kappa shape index (κ1) is 16.5. The molecule has 0 saturated carbocycles. The molecule has 120 valence electrons. The second-order valence-corrected chi connectivity index (χ2v) is 6.37. The van der Waals surface area contributed by atoms with Gasteiger partial charge in [-0.1, -0.05) is 17.7 Å². The summed E-state index contributed by atoms with van der Waals surface area (Å²) in [6.45, 7) is 6.57. The van der Waals surface area contributed by atoms with E-state index in [0.29, 0.717) is 19.4 Å². The van der Waals surface area contributed by atoms with Gasteiger partial charge < -0.3 is 15.7 Å². The molecule has 2 amide bonds. The van der Waals surface area contributed by atoms with E-state index >= 15 is 0 Å². The summed E-state index contributed by atoms with van der Waals surface area (Å²) in [5.74, 6) is -0.831. The molecule has 0 radical (unpaired) electrons. The summed E-state index contributed by atoms with van der Waals surface area (Å²) in [4.78, 5) is 25.5. The largest absolute Gasteiger partial charge is 0.378 e. The Bertz CT molecular complexity index is 589. The molecule has 1 aromatic carbocycles. The van der Waals surface area contributed by atoms with Gasteiger partial charge in [-0.25, -0.2) is 0 Å². The molecule has 1 aromatic rings. The van der Waals surface area contributed by atoms with Crippen LogP contribution < -0.4 is 5.73 Å². The molecule has 1 fully saturated rings. The number of nitrogens with two attached hydrogens (primary N) is 1. The number of piperidine rings is 1. The van der Waals surface area contributed by atoms with E-state index in [1.807, 2.05) is 20.8 Å². The highest BCUT2D eigenvalue weighted by atomic mass is 16.3. The first-order valence-corrected chi connectivity index (χ1v) is 7.60. The maximum Gasteiger partial charge on any atom is 0.251 e. The molecule has 0 aromatic heterocycles. The van der Waals surface area contributed by atoms with Gasteiger partial charge in [0.15, 0.2) is 5.60 Å². The van der Waals surface area contributed by atoms with Crippen molar-refractivity contribution in [3.8, 4) is 0 Å². The highest BCUT2D eigenvalue weighted by molar-refractivity contribution is 5.86. The van der Waals surface area contributed by atoms with Crippen LogP contribution in [0, 0.1) is 20.8 Å². The average molecular weight is 304 g/mol. The summed E-state index contributed by atoms with van der Waals surface area (Å²) < 4.78 is 0. The Labute approximate surface area is 131 Å². The predicted octanol–water partition coefficient (Wildman–Crippen LogP) is 0.993. The molecule has 0 bridgehead atoms. The van der Waals surface area contributed by atoms with Crippen molar-refractivity contribution in [2.45, 2.75) is 45.6 Å². The van der Waals surface area contributed by atoms with E-state index in [9.17, 15) is 14.7 Å². The smallest absolute Gasteiger partial charge is 0.251 e. The fourth-order valence-electron chi connectivity index (χ4n) is 3.20. The lowest BCUT2D eigenvalue weighted by Crippen LogP contribution is -2.57. The van der Waals surface area contributed by atoms with Crippen molar-refractivity contribution in [3.63, 3.8) is 0 Å². The van der Waals surface area contributed by atoms with Crippen molar-refractivity contribution in [3.05, 3.63) is 34.4 Å². The lowest BCUT2D eigenvalue weighted by atomic mass is 9.91. The van der Waals surface area contributed by atoms with Crippen molar-refractivity contribution in [2.24, 2.45) is 5.73 Å². The van der Waals surface area contributed by atoms with Crippen molar-refractivity contribution >= 4 is 11.8 Å². The van der Waals surface area contributed by atoms with Crippen molar-refractivity contribution in [1.29, 1.82) is 0 Å². The fraction of sp³-hybridized carbons (Fsp3) is 0.529. The van der Waals surface area contributed by atoms with E-state index in [2.05, 4.69) is 12.1 Å². The van der Waals surface area contributed by atoms with Gasteiger partial charge in [0.1, 0.15) is 0 Å². The number of β-amino-alcohol motifs (C(OH)–C–C–N with tert-alkyl or cyclic N) is 1. The number of likely N-dealkylation sites (tertiary alicyclic amines) is 1. The van der Waals surface area contributed by atoms with Gasteiger partial charge in [0, 0.05) is 6.54 Å². The molecule has 1 heterocycles. The zero-order chi connectivity index (χ0) is 16.5. The van der Waals surface area contributed by atoms with Crippen LogP contribution in [0.2, 0.25) is 0 Å². The quantitative estimate of drug-likeness (QED) is 0.873. The SMILES string of the molecule is Cc1cc(C)c(CC(=O)N2CCCC(O)(C(N)=O)C2)c(C)c1. The highest BCUT2D eigenvalue weighted by Crippen LogP contribution is 2.23. The summed E-state index contributed by atoms with van der Waals surface area (Å²) in [7, 11) is 0. The number of primary amides is 1. The minimum absolute atomic E-state index is 0.00881. The van der Waals surface area contributed by atoms with Gasteiger partial charge in [0.05, 0.1) is 13.0 Å². The summed E-state index contributed by atoms with van der Waals surface area (Å²) >= 11 is 0. The molecule has 22 heavy (non-hydrogen) atoms. The Morgan fingerprint density at radius 3 is 2.41 bits per heavy atom. The first-order valence-electron chi connectivity index (χ1n) is 7.60. The summed E-state index contributed by atoms with van der Waals surface area (Å²) in [6, 6.07) is 4.12. The number of benzene rings is 1. The Balaban J connectivity index is 2.14. The van der Waals surface area contributed by atoms with Crippen LogP contribution in [-0.4, -0.2) is 40.5 Å². The monoisotopic (exact) mass is 304 g/mol. The topological polar surface area (TPSA) is 83.6 Å². The molecule has 2 rings (SSSR count). The Morgan fingerprint density at radius 2 is 1.86 bits per heavy atom. The van der Waals surface area contributed by atoms with Crippen LogP contribution >= 0.6 is 0 Å². The second-order valence-electron chi connectivity index (χ2n) is 6.37. The van der Waals surface area contributed by atoms with Gasteiger partial charge in [-0.05, 0) is 50.3 Å². The number of hydrogen-bond donors (Lipinski definition) is 2. The molecule has 0 aliphatic carbocycles. The van der Waals surface area contributed by atoms with Crippen LogP contribution in [0.4, 0.5) is 0 Å². The van der Waals surface area contributed by atoms with Gasteiger partial charge in [-0.2, -0.15) is 0 Å². The number of amides is 2. The molecule has 1 atom stereocenters. The van der Waals surface area contributed by atoms with Gasteiger partial charge >= 0.3 is 0 Å². The predicted molar refractivity (Wildman–Crippen MR) is 84.3 cm³/mol. The molecule has 1 saturated heterocycles. The average Bonchev–Trinajstić information content (AvgIpc) is 2.42. The normalized spacial score (nSPS) is 21.7. The van der Waals surface area contributed by atoms with Gasteiger partial charge in [0.2, 0.25) is 5.91 Å². The number of aliphatic hydroxyl groups is 1. The maximum atomic E-state index is 12.5. The molecule has 1 aliphatic heterocycles. The molecular formula is C17H24N2O3. The lowest BCUT2D eigenvalue weighted by Gasteiger charge is -2.37. The number of aryl methyl sites for hydroxylation is 3. The number of nitrogens with zero attached hydrogens (tertiary/aromatic N) is 1. The summed E-state index contributed by atoms with van der Waals surface area (Å²) in [6.07, 6.45) is 1.18. The fourth-order valence-corrected chi connectivity index (χ4v) is 3.20. The van der Waals surface area contributed by atoms with Crippen molar-refractivity contribution < 1.29 is 14.7 Å². The van der Waals surface area contributed by atoms with Crippen LogP contribution in [0.1, 0.15) is 35.1 Å². The number of carbonyl (C=O) groups excluding carboxylic acids is 2. The van der Waals surface area contributed by atoms with Crippen LogP contribution in [0.5, 0.6) is 0 Å². The minimum Gasteiger partial charge on any atom is -0.378 e. The van der Waals surface area contributed by atoms with E-state index in [4.69, 9.17) is 5.73 Å². The van der Waals surface area contributed by atoms with Crippen molar-refractivity contribution in [2.75, 3.05) is 13.1 Å². The Hall–Kier alpha value is -1.88. The second kappa shape index (κ2) is 6.08. The maximum absolute atomic E-state index is 12.5. The number of carbonyl (C=O) groups is 2. The third-order valence-corrected chi connectivity index (χ3v) is 4.45. The summed E-state index contributed by atoms with van der Waals surface area (Å²) in [5, 5.41) is 10.2. The zero-order valence-electron chi connectivity index (χ0n) is 13.5. The Morgan fingerprint density at radius 1 is 1.27 bits per heavy atom. The van der Waals surface area contributed by atoms with Gasteiger partial charge in [-0.3, -0.25) is 9.59 Å². The van der Waals surface area contributed by atoms with Crippen LogP contribution in [-0.2, 0) is 16.0 Å². The zero-order valence-corrected chi connectivity index (χ0v) is 13.5. The van der Waals surface area contributed by atoms with Crippen molar-refractivity contribution in [1.82, 2.24) is 4.90 Å². The van der Waals surface area contributed by atoms with Gasteiger partial charge in [-0.15, -0.1) is 0 Å². The minimum atomic E-state index is -1.59. The van der Waals surface area contributed by atoms with E-state index in [0.717, 1.165) is 16.7 Å². The number of hydrogen-bond acceptors (Lipinski definition) is 3. The Kier molecular flexibility index (Phi) is 4.56. The molecule has 3 N–H and O–H groups in total. The van der Waals surface area contributed by atoms with Gasteiger partial charge in [0.25, 0.3) is 5.91 Å². The lowest BCUT2D eigenvalue weighted by molar-refractivity contribution is -0.148. The standard InChI is InChI=1S/C17H24N2O3/c1-11-7-12(2)14(13(3)8-11)9-15(20)19-6-4-5-17(22,10-19)16(18)21/h7-8,22H,4-6,9-10H2,1-3H3,(H2,18,21). The highest BCUT2D eigenvalue weighted by Gasteiger charge is 2.40. The third kappa shape index (κ3) is 3.30. The van der Waals surface area contributed by atoms with E-state index in [1.165, 1.54) is 5.56 Å². The van der Waals surface area contributed by atoms with E-state index in [-0.39, 0.29) is 18.9 Å². The molecule has 1 unspecified atom stereocenters. The van der Waals surface area contributed by atoms with Crippen LogP contribution in [0.25, 0.3) is 0 Å². The van der Waals surface area contributed by atoms with Crippen LogP contribution in [0.3, 0.4) is 0 Å². The van der Waals surface area contributed by atoms with E-state index in [1.54, 1.807) is 4.90 Å². The molecular weight excluding hydrogens is 280 g/mol. The molecule has 5 nitrogen and oxygen atoms in total. The third-order valence-electron chi connectivity index (χ3n) is 4.45. The summed E-state index contributed by atoms with van der Waals surface area (Å²) in [5.41, 5.74) is 8.03. The first-order chi connectivity index (χ1) is 10.2. The molecule has 5 heteroatoms. The van der Waals surface area contributed by atoms with E-state index < -0.39 is 11.5 Å². The number of rotatable bonds is 3. The van der Waals surface area contributed by atoms with Crippen LogP contribution in [0.15, 0.2) is 12.1 Å².